The third-order valence-electron chi connectivity index (χ3n) is 4.96. The molecular formula is C23H27N3O4. The second-order valence-corrected chi connectivity index (χ2v) is 7.21. The van der Waals surface area contributed by atoms with Gasteiger partial charge in [0.25, 0.3) is 5.91 Å². The molecule has 0 fully saturated rings. The first-order valence-corrected chi connectivity index (χ1v) is 9.77. The molecule has 0 aliphatic rings. The lowest BCUT2D eigenvalue weighted by atomic mass is 10.1. The number of anilines is 1. The maximum atomic E-state index is 12.6. The monoisotopic (exact) mass is 409 g/mol. The fraction of sp³-hybridized carbons (Fsp3) is 0.304. The van der Waals surface area contributed by atoms with Crippen molar-refractivity contribution in [2.24, 2.45) is 0 Å². The van der Waals surface area contributed by atoms with Crippen LogP contribution >= 0.6 is 0 Å². The van der Waals surface area contributed by atoms with Crippen LogP contribution in [0.5, 0.6) is 11.5 Å². The van der Waals surface area contributed by atoms with Crippen molar-refractivity contribution in [3.05, 3.63) is 53.7 Å². The summed E-state index contributed by atoms with van der Waals surface area (Å²) in [6, 6.07) is 11.3. The van der Waals surface area contributed by atoms with Gasteiger partial charge in [-0.1, -0.05) is 18.2 Å². The fourth-order valence-corrected chi connectivity index (χ4v) is 3.39. The molecule has 0 atom stereocenters. The zero-order chi connectivity index (χ0) is 21.7. The maximum Gasteiger partial charge on any atom is 0.255 e. The first-order valence-electron chi connectivity index (χ1n) is 9.77. The van der Waals surface area contributed by atoms with Crippen LogP contribution in [0.1, 0.15) is 28.8 Å². The Morgan fingerprint density at radius 1 is 1.07 bits per heavy atom. The number of H-pyrrole nitrogens is 1. The van der Waals surface area contributed by atoms with Gasteiger partial charge in [0.05, 0.1) is 25.5 Å². The maximum absolute atomic E-state index is 12.6. The molecule has 0 aliphatic carbocycles. The number of benzene rings is 2. The fourth-order valence-electron chi connectivity index (χ4n) is 3.39. The molecule has 2 N–H and O–H groups in total. The zero-order valence-corrected chi connectivity index (χ0v) is 17.7. The first-order chi connectivity index (χ1) is 14.4. The minimum atomic E-state index is -0.231. The molecular weight excluding hydrogens is 382 g/mol. The van der Waals surface area contributed by atoms with E-state index in [9.17, 15) is 9.59 Å². The van der Waals surface area contributed by atoms with Gasteiger partial charge in [0.1, 0.15) is 0 Å². The van der Waals surface area contributed by atoms with Crippen molar-refractivity contribution in [1.29, 1.82) is 0 Å². The van der Waals surface area contributed by atoms with E-state index in [0.29, 0.717) is 35.6 Å². The molecule has 7 heteroatoms. The number of carbonyl (C=O) groups is 2. The molecule has 0 aliphatic heterocycles. The van der Waals surface area contributed by atoms with Gasteiger partial charge in [-0.3, -0.25) is 9.59 Å². The molecule has 0 unspecified atom stereocenters. The van der Waals surface area contributed by atoms with E-state index in [1.54, 1.807) is 26.2 Å². The Kier molecular flexibility index (Phi) is 6.61. The van der Waals surface area contributed by atoms with Crippen molar-refractivity contribution in [3.8, 4) is 11.5 Å². The Morgan fingerprint density at radius 2 is 1.77 bits per heavy atom. The highest BCUT2D eigenvalue weighted by atomic mass is 16.5. The highest BCUT2D eigenvalue weighted by Gasteiger charge is 2.19. The van der Waals surface area contributed by atoms with Crippen LogP contribution in [-0.2, 0) is 11.2 Å². The summed E-state index contributed by atoms with van der Waals surface area (Å²) in [5.41, 5.74) is 3.04. The molecule has 3 rings (SSSR count). The van der Waals surface area contributed by atoms with Gasteiger partial charge in [0.15, 0.2) is 11.5 Å². The molecule has 0 radical (unpaired) electrons. The number of aromatic nitrogens is 1. The van der Waals surface area contributed by atoms with Crippen molar-refractivity contribution in [2.45, 2.75) is 19.3 Å². The second-order valence-electron chi connectivity index (χ2n) is 7.21. The third kappa shape index (κ3) is 4.56. The molecule has 2 aromatic carbocycles. The summed E-state index contributed by atoms with van der Waals surface area (Å²) in [4.78, 5) is 29.9. The minimum absolute atomic E-state index is 0.158. The topological polar surface area (TPSA) is 83.7 Å². The van der Waals surface area contributed by atoms with Crippen LogP contribution in [0, 0.1) is 0 Å². The molecule has 0 spiro atoms. The van der Waals surface area contributed by atoms with Gasteiger partial charge in [-0.25, -0.2) is 0 Å². The van der Waals surface area contributed by atoms with Gasteiger partial charge >= 0.3 is 0 Å². The average Bonchev–Trinajstić information content (AvgIpc) is 3.16. The number of carbonyl (C=O) groups excluding carboxylic acids is 2. The first kappa shape index (κ1) is 21.2. The van der Waals surface area contributed by atoms with E-state index >= 15 is 0 Å². The van der Waals surface area contributed by atoms with Crippen molar-refractivity contribution in [2.75, 3.05) is 33.6 Å². The van der Waals surface area contributed by atoms with E-state index in [0.717, 1.165) is 11.9 Å². The number of aromatic amines is 1. The molecule has 158 valence electrons. The third-order valence-corrected chi connectivity index (χ3v) is 4.96. The van der Waals surface area contributed by atoms with E-state index in [4.69, 9.17) is 9.47 Å². The van der Waals surface area contributed by atoms with Crippen LogP contribution < -0.4 is 14.8 Å². The van der Waals surface area contributed by atoms with Gasteiger partial charge in [0.2, 0.25) is 5.91 Å². The summed E-state index contributed by atoms with van der Waals surface area (Å²) < 4.78 is 10.6. The van der Waals surface area contributed by atoms with Crippen molar-refractivity contribution in [1.82, 2.24) is 9.88 Å². The van der Waals surface area contributed by atoms with Gasteiger partial charge in [-0.15, -0.1) is 0 Å². The molecule has 7 nitrogen and oxygen atoms in total. The number of hydrogen-bond acceptors (Lipinski definition) is 4. The lowest BCUT2D eigenvalue weighted by Gasteiger charge is -2.18. The molecule has 2 amide bonds. The Hall–Kier alpha value is -3.48. The number of amides is 2. The number of hydrogen-bond donors (Lipinski definition) is 2. The van der Waals surface area contributed by atoms with E-state index in [1.807, 2.05) is 24.4 Å². The summed E-state index contributed by atoms with van der Waals surface area (Å²) in [7, 11) is 6.33. The van der Waals surface area contributed by atoms with Crippen LogP contribution in [0.25, 0.3) is 10.9 Å². The highest BCUT2D eigenvalue weighted by Crippen LogP contribution is 2.34. The molecule has 0 bridgehead atoms. The summed E-state index contributed by atoms with van der Waals surface area (Å²) in [5, 5.41) is 4.04. The quantitative estimate of drug-likeness (QED) is 0.592. The van der Waals surface area contributed by atoms with Crippen molar-refractivity contribution >= 4 is 28.4 Å². The highest BCUT2D eigenvalue weighted by molar-refractivity contribution is 6.04. The Bertz CT molecular complexity index is 1060. The second kappa shape index (κ2) is 9.35. The Morgan fingerprint density at radius 3 is 2.47 bits per heavy atom. The summed E-state index contributed by atoms with van der Waals surface area (Å²) >= 11 is 0. The van der Waals surface area contributed by atoms with Crippen LogP contribution in [0.4, 0.5) is 5.69 Å². The lowest BCUT2D eigenvalue weighted by Crippen LogP contribution is -2.24. The van der Waals surface area contributed by atoms with Crippen LogP contribution in [0.3, 0.4) is 0 Å². The summed E-state index contributed by atoms with van der Waals surface area (Å²) in [5.74, 6) is 0.488. The van der Waals surface area contributed by atoms with Gasteiger partial charge in [-0.05, 0) is 30.5 Å². The smallest absolute Gasteiger partial charge is 0.255 e. The van der Waals surface area contributed by atoms with Crippen LogP contribution in [0.2, 0.25) is 0 Å². The Labute approximate surface area is 176 Å². The van der Waals surface area contributed by atoms with E-state index in [1.165, 1.54) is 30.1 Å². The molecule has 0 saturated carbocycles. The molecule has 1 aromatic heterocycles. The molecule has 1 heterocycles. The number of rotatable bonds is 8. The van der Waals surface area contributed by atoms with Gasteiger partial charge < -0.3 is 24.7 Å². The average molecular weight is 409 g/mol. The lowest BCUT2D eigenvalue weighted by molar-refractivity contribution is -0.116. The predicted molar refractivity (Wildman–Crippen MR) is 117 cm³/mol. The van der Waals surface area contributed by atoms with Crippen LogP contribution in [0.15, 0.2) is 42.6 Å². The summed E-state index contributed by atoms with van der Waals surface area (Å²) in [6.07, 6.45) is 3.80. The number of fused-ring (bicyclic) bond motifs is 1. The summed E-state index contributed by atoms with van der Waals surface area (Å²) in [6.45, 7) is 0. The Balaban J connectivity index is 1.71. The largest absolute Gasteiger partial charge is 0.493 e. The molecule has 30 heavy (non-hydrogen) atoms. The molecule has 0 saturated heterocycles. The van der Waals surface area contributed by atoms with Gasteiger partial charge in [-0.2, -0.15) is 0 Å². The number of aryl methyl sites for hydroxylation is 1. The predicted octanol–water partition coefficient (Wildman–Crippen LogP) is 3.85. The van der Waals surface area contributed by atoms with E-state index < -0.39 is 0 Å². The number of nitrogens with zero attached hydrogens (tertiary/aromatic N) is 1. The molecule has 3 aromatic rings. The normalized spacial score (nSPS) is 10.7. The minimum Gasteiger partial charge on any atom is -0.493 e. The number of ether oxygens (including phenoxy) is 2. The zero-order valence-electron chi connectivity index (χ0n) is 17.7. The van der Waals surface area contributed by atoms with Gasteiger partial charge in [0, 0.05) is 43.7 Å². The van der Waals surface area contributed by atoms with E-state index in [2.05, 4.69) is 16.4 Å². The number of para-hydroxylation sites is 1. The standard InChI is InChI=1S/C23H27N3O4/c1-26(2)23(28)17-12-20(29-3)21(30-4)13-19(17)25-22(27)11-7-8-15-14-24-18-10-6-5-9-16(15)18/h5-6,9-10,12-14,24H,7-8,11H2,1-4H3,(H,25,27). The SMILES string of the molecule is COc1cc(NC(=O)CCCc2c[nH]c3ccccc23)c(C(=O)N(C)C)cc1OC. The number of methoxy groups -OCH3 is 2. The van der Waals surface area contributed by atoms with Crippen LogP contribution in [-0.4, -0.2) is 50.0 Å². The van der Waals surface area contributed by atoms with Crippen molar-refractivity contribution in [3.63, 3.8) is 0 Å². The van der Waals surface area contributed by atoms with E-state index in [-0.39, 0.29) is 11.8 Å². The number of nitrogens with one attached hydrogen (secondary N) is 2. The van der Waals surface area contributed by atoms with Crippen molar-refractivity contribution < 1.29 is 19.1 Å².